The molecule has 0 aliphatic carbocycles. The Balaban J connectivity index is 2.26. The van der Waals surface area contributed by atoms with Gasteiger partial charge in [-0.05, 0) is 34.1 Å². The van der Waals surface area contributed by atoms with E-state index in [2.05, 4.69) is 20.9 Å². The Labute approximate surface area is 106 Å². The molecule has 0 unspecified atom stereocenters. The van der Waals surface area contributed by atoms with Crippen LogP contribution >= 0.6 is 27.5 Å². The second-order valence-electron chi connectivity index (χ2n) is 3.11. The summed E-state index contributed by atoms with van der Waals surface area (Å²) in [7, 11) is 0. The number of hydrogen-bond donors (Lipinski definition) is 1. The standard InChI is InChI=1S/C11H8BrClN2O/c12-7-1-4-11(15-6-7)16-10-5-8(14)2-3-9(10)13/h1-6H,14H2. The Bertz CT molecular complexity index is 502. The van der Waals surface area contributed by atoms with Crippen LogP contribution in [-0.2, 0) is 0 Å². The molecule has 0 fully saturated rings. The molecule has 0 saturated heterocycles. The first-order valence-corrected chi connectivity index (χ1v) is 5.67. The summed E-state index contributed by atoms with van der Waals surface area (Å²) < 4.78 is 6.39. The Morgan fingerprint density at radius 3 is 2.75 bits per heavy atom. The number of nitrogen functional groups attached to an aromatic ring is 1. The number of hydrogen-bond acceptors (Lipinski definition) is 3. The molecular formula is C11H8BrClN2O. The monoisotopic (exact) mass is 298 g/mol. The van der Waals surface area contributed by atoms with Crippen LogP contribution in [0.15, 0.2) is 41.0 Å². The van der Waals surface area contributed by atoms with Crippen LogP contribution in [0.1, 0.15) is 0 Å². The molecule has 1 heterocycles. The van der Waals surface area contributed by atoms with E-state index in [4.69, 9.17) is 22.1 Å². The normalized spacial score (nSPS) is 10.1. The van der Waals surface area contributed by atoms with Crippen LogP contribution in [0.4, 0.5) is 5.69 Å². The Kier molecular flexibility index (Phi) is 3.31. The van der Waals surface area contributed by atoms with E-state index in [1.54, 1.807) is 30.5 Å². The van der Waals surface area contributed by atoms with E-state index in [-0.39, 0.29) is 0 Å². The topological polar surface area (TPSA) is 48.1 Å². The van der Waals surface area contributed by atoms with Gasteiger partial charge in [0.15, 0.2) is 0 Å². The zero-order valence-corrected chi connectivity index (χ0v) is 10.5. The van der Waals surface area contributed by atoms with E-state index in [1.807, 2.05) is 6.07 Å². The Morgan fingerprint density at radius 1 is 1.25 bits per heavy atom. The third-order valence-corrected chi connectivity index (χ3v) is 2.65. The molecule has 0 aliphatic heterocycles. The second kappa shape index (κ2) is 4.72. The van der Waals surface area contributed by atoms with Crippen molar-refractivity contribution in [2.75, 3.05) is 5.73 Å². The van der Waals surface area contributed by atoms with Crippen molar-refractivity contribution in [1.29, 1.82) is 0 Å². The molecule has 2 rings (SSSR count). The van der Waals surface area contributed by atoms with Gasteiger partial charge in [-0.3, -0.25) is 0 Å². The molecule has 1 aromatic heterocycles. The van der Waals surface area contributed by atoms with Crippen molar-refractivity contribution < 1.29 is 4.74 Å². The molecule has 1 aromatic carbocycles. The van der Waals surface area contributed by atoms with Crippen molar-refractivity contribution in [2.24, 2.45) is 0 Å². The predicted octanol–water partition coefficient (Wildman–Crippen LogP) is 3.87. The largest absolute Gasteiger partial charge is 0.437 e. The van der Waals surface area contributed by atoms with Gasteiger partial charge in [0.2, 0.25) is 5.88 Å². The summed E-state index contributed by atoms with van der Waals surface area (Å²) in [4.78, 5) is 4.08. The number of nitrogens with zero attached hydrogens (tertiary/aromatic N) is 1. The average molecular weight is 300 g/mol. The van der Waals surface area contributed by atoms with Crippen LogP contribution in [-0.4, -0.2) is 4.98 Å². The summed E-state index contributed by atoms with van der Waals surface area (Å²) in [6.07, 6.45) is 1.65. The fourth-order valence-corrected chi connectivity index (χ4v) is 1.52. The summed E-state index contributed by atoms with van der Waals surface area (Å²) in [5.74, 6) is 0.965. The lowest BCUT2D eigenvalue weighted by Gasteiger charge is -2.07. The lowest BCUT2D eigenvalue weighted by Crippen LogP contribution is -1.90. The number of halogens is 2. The molecule has 0 radical (unpaired) electrons. The third-order valence-electron chi connectivity index (χ3n) is 1.87. The fraction of sp³-hybridized carbons (Fsp3) is 0. The van der Waals surface area contributed by atoms with E-state index in [0.717, 1.165) is 4.47 Å². The van der Waals surface area contributed by atoms with Crippen molar-refractivity contribution in [2.45, 2.75) is 0 Å². The molecule has 3 nitrogen and oxygen atoms in total. The first kappa shape index (κ1) is 11.2. The van der Waals surface area contributed by atoms with E-state index in [0.29, 0.717) is 22.3 Å². The van der Waals surface area contributed by atoms with Gasteiger partial charge in [0.1, 0.15) is 5.75 Å². The van der Waals surface area contributed by atoms with Gasteiger partial charge in [0.25, 0.3) is 0 Å². The van der Waals surface area contributed by atoms with Crippen molar-refractivity contribution >= 4 is 33.2 Å². The zero-order valence-electron chi connectivity index (χ0n) is 8.15. The van der Waals surface area contributed by atoms with Gasteiger partial charge in [-0.2, -0.15) is 0 Å². The highest BCUT2D eigenvalue weighted by Crippen LogP contribution is 2.30. The number of anilines is 1. The molecule has 0 aliphatic rings. The molecule has 2 aromatic rings. The summed E-state index contributed by atoms with van der Waals surface area (Å²) in [5.41, 5.74) is 6.23. The maximum atomic E-state index is 5.96. The minimum atomic E-state index is 0.468. The molecule has 2 N–H and O–H groups in total. The molecular weight excluding hydrogens is 291 g/mol. The molecule has 82 valence electrons. The summed E-state index contributed by atoms with van der Waals surface area (Å²) in [6, 6.07) is 8.63. The molecule has 0 atom stereocenters. The van der Waals surface area contributed by atoms with E-state index in [9.17, 15) is 0 Å². The van der Waals surface area contributed by atoms with Crippen molar-refractivity contribution in [1.82, 2.24) is 4.98 Å². The van der Waals surface area contributed by atoms with E-state index in [1.165, 1.54) is 0 Å². The van der Waals surface area contributed by atoms with Crippen LogP contribution in [0.25, 0.3) is 0 Å². The van der Waals surface area contributed by atoms with Gasteiger partial charge in [0.05, 0.1) is 5.02 Å². The number of rotatable bonds is 2. The van der Waals surface area contributed by atoms with Crippen molar-refractivity contribution in [3.63, 3.8) is 0 Å². The lowest BCUT2D eigenvalue weighted by molar-refractivity contribution is 0.463. The fourth-order valence-electron chi connectivity index (χ4n) is 1.13. The maximum Gasteiger partial charge on any atom is 0.219 e. The molecule has 5 heteroatoms. The molecule has 16 heavy (non-hydrogen) atoms. The minimum absolute atomic E-state index is 0.468. The number of aromatic nitrogens is 1. The van der Waals surface area contributed by atoms with Crippen molar-refractivity contribution in [3.05, 3.63) is 46.0 Å². The van der Waals surface area contributed by atoms with E-state index >= 15 is 0 Å². The van der Waals surface area contributed by atoms with E-state index < -0.39 is 0 Å². The van der Waals surface area contributed by atoms with Crippen LogP contribution in [0.3, 0.4) is 0 Å². The van der Waals surface area contributed by atoms with Gasteiger partial charge in [0, 0.05) is 28.5 Å². The molecule has 0 amide bonds. The van der Waals surface area contributed by atoms with Gasteiger partial charge < -0.3 is 10.5 Å². The second-order valence-corrected chi connectivity index (χ2v) is 4.43. The van der Waals surface area contributed by atoms with Crippen LogP contribution < -0.4 is 10.5 Å². The maximum absolute atomic E-state index is 5.96. The van der Waals surface area contributed by atoms with Crippen LogP contribution in [0, 0.1) is 0 Å². The number of pyridine rings is 1. The first-order chi connectivity index (χ1) is 7.65. The van der Waals surface area contributed by atoms with Crippen LogP contribution in [0.2, 0.25) is 5.02 Å². The molecule has 0 saturated carbocycles. The van der Waals surface area contributed by atoms with Gasteiger partial charge in [-0.1, -0.05) is 11.6 Å². The number of nitrogens with two attached hydrogens (primary N) is 1. The van der Waals surface area contributed by atoms with Gasteiger partial charge in [-0.25, -0.2) is 4.98 Å². The molecule has 0 spiro atoms. The SMILES string of the molecule is Nc1ccc(Cl)c(Oc2ccc(Br)cn2)c1. The third kappa shape index (κ3) is 2.65. The van der Waals surface area contributed by atoms with Crippen molar-refractivity contribution in [3.8, 4) is 11.6 Å². The highest BCUT2D eigenvalue weighted by Gasteiger charge is 2.04. The molecule has 0 bridgehead atoms. The zero-order chi connectivity index (χ0) is 11.5. The summed E-state index contributed by atoms with van der Waals surface area (Å²) >= 11 is 9.25. The number of benzene rings is 1. The summed E-state index contributed by atoms with van der Waals surface area (Å²) in [5, 5.41) is 0.499. The van der Waals surface area contributed by atoms with Gasteiger partial charge >= 0.3 is 0 Å². The first-order valence-electron chi connectivity index (χ1n) is 4.49. The minimum Gasteiger partial charge on any atom is -0.437 e. The number of ether oxygens (including phenoxy) is 1. The highest BCUT2D eigenvalue weighted by atomic mass is 79.9. The van der Waals surface area contributed by atoms with Gasteiger partial charge in [-0.15, -0.1) is 0 Å². The Hall–Kier alpha value is -1.26. The smallest absolute Gasteiger partial charge is 0.219 e. The lowest BCUT2D eigenvalue weighted by atomic mass is 10.3. The quantitative estimate of drug-likeness (QED) is 0.856. The Morgan fingerprint density at radius 2 is 2.06 bits per heavy atom. The predicted molar refractivity (Wildman–Crippen MR) is 67.9 cm³/mol. The van der Waals surface area contributed by atoms with Crippen LogP contribution in [0.5, 0.6) is 11.6 Å². The highest BCUT2D eigenvalue weighted by molar-refractivity contribution is 9.10. The summed E-state index contributed by atoms with van der Waals surface area (Å²) in [6.45, 7) is 0. The average Bonchev–Trinajstić information content (AvgIpc) is 2.27.